The van der Waals surface area contributed by atoms with Gasteiger partial charge in [0.05, 0.1) is 17.7 Å². The fraction of sp³-hybridized carbons (Fsp3) is 0.579. The van der Waals surface area contributed by atoms with E-state index in [0.717, 1.165) is 44.2 Å². The number of hydrogen-bond acceptors (Lipinski definition) is 3. The van der Waals surface area contributed by atoms with Crippen molar-refractivity contribution >= 4 is 17.2 Å². The van der Waals surface area contributed by atoms with Gasteiger partial charge in [0.15, 0.2) is 0 Å². The summed E-state index contributed by atoms with van der Waals surface area (Å²) in [5.41, 5.74) is 3.50. The van der Waals surface area contributed by atoms with Gasteiger partial charge in [-0.05, 0) is 55.5 Å². The van der Waals surface area contributed by atoms with Gasteiger partial charge < -0.3 is 5.32 Å². The van der Waals surface area contributed by atoms with Gasteiger partial charge in [-0.1, -0.05) is 18.9 Å². The molecule has 0 radical (unpaired) electrons. The normalized spacial score (nSPS) is 19.2. The van der Waals surface area contributed by atoms with Gasteiger partial charge >= 0.3 is 0 Å². The van der Waals surface area contributed by atoms with Crippen molar-refractivity contribution in [2.24, 2.45) is 7.05 Å². The summed E-state index contributed by atoms with van der Waals surface area (Å²) in [6.07, 6.45) is 8.93. The highest BCUT2D eigenvalue weighted by Gasteiger charge is 2.43. The summed E-state index contributed by atoms with van der Waals surface area (Å²) in [5, 5.41) is 9.99. The molecule has 2 aliphatic carbocycles. The van der Waals surface area contributed by atoms with Crippen LogP contribution in [0.3, 0.4) is 0 Å². The lowest BCUT2D eigenvalue weighted by atomic mass is 9.83. The van der Waals surface area contributed by atoms with Gasteiger partial charge in [-0.3, -0.25) is 9.48 Å². The summed E-state index contributed by atoms with van der Waals surface area (Å²) < 4.78 is 2.01. The second-order valence-corrected chi connectivity index (χ2v) is 8.10. The van der Waals surface area contributed by atoms with Crippen molar-refractivity contribution < 1.29 is 4.79 Å². The highest BCUT2D eigenvalue weighted by molar-refractivity contribution is 7.10. The number of rotatable bonds is 4. The van der Waals surface area contributed by atoms with Crippen LogP contribution in [0.25, 0.3) is 0 Å². The number of aromatic nitrogens is 2. The van der Waals surface area contributed by atoms with Crippen LogP contribution >= 0.6 is 11.3 Å². The standard InChI is InChI=1S/C19H25N3OS/c1-22-16-8-3-2-7-14(16)15(21-22)13-20-18(23)19(10-4-5-11-19)17-9-6-12-24-17/h6,9,12H,2-5,7-8,10-11,13H2,1H3,(H,20,23). The zero-order chi connectivity index (χ0) is 16.6. The van der Waals surface area contributed by atoms with Crippen LogP contribution in [0, 0.1) is 0 Å². The highest BCUT2D eigenvalue weighted by Crippen LogP contribution is 2.43. The van der Waals surface area contributed by atoms with Gasteiger partial charge in [0.1, 0.15) is 0 Å². The molecule has 0 unspecified atom stereocenters. The number of fused-ring (bicyclic) bond motifs is 1. The average molecular weight is 343 g/mol. The van der Waals surface area contributed by atoms with E-state index < -0.39 is 0 Å². The van der Waals surface area contributed by atoms with Crippen molar-refractivity contribution in [2.75, 3.05) is 0 Å². The fourth-order valence-electron chi connectivity index (χ4n) is 4.45. The Hall–Kier alpha value is -1.62. The molecule has 0 bridgehead atoms. The summed E-state index contributed by atoms with van der Waals surface area (Å²) in [4.78, 5) is 14.3. The number of hydrogen-bond donors (Lipinski definition) is 1. The molecule has 5 heteroatoms. The van der Waals surface area contributed by atoms with E-state index in [1.807, 2.05) is 11.7 Å². The minimum Gasteiger partial charge on any atom is -0.350 e. The lowest BCUT2D eigenvalue weighted by molar-refractivity contribution is -0.126. The molecule has 2 aliphatic rings. The molecule has 1 saturated carbocycles. The summed E-state index contributed by atoms with van der Waals surface area (Å²) in [6, 6.07) is 4.18. The van der Waals surface area contributed by atoms with E-state index in [2.05, 4.69) is 27.9 Å². The lowest BCUT2D eigenvalue weighted by Gasteiger charge is -2.26. The van der Waals surface area contributed by atoms with Crippen LogP contribution in [0.2, 0.25) is 0 Å². The summed E-state index contributed by atoms with van der Waals surface area (Å²) in [5.74, 6) is 0.192. The van der Waals surface area contributed by atoms with Crippen molar-refractivity contribution in [3.8, 4) is 0 Å². The number of amides is 1. The smallest absolute Gasteiger partial charge is 0.231 e. The van der Waals surface area contributed by atoms with Crippen LogP contribution in [0.4, 0.5) is 0 Å². The van der Waals surface area contributed by atoms with Crippen molar-refractivity contribution in [1.29, 1.82) is 0 Å². The predicted molar refractivity (Wildman–Crippen MR) is 96.2 cm³/mol. The molecule has 0 aliphatic heterocycles. The number of nitrogens with zero attached hydrogens (tertiary/aromatic N) is 2. The van der Waals surface area contributed by atoms with E-state index in [4.69, 9.17) is 0 Å². The Bertz CT molecular complexity index is 726. The molecule has 1 amide bonds. The molecule has 4 nitrogen and oxygen atoms in total. The molecular formula is C19H25N3OS. The molecule has 2 aromatic heterocycles. The topological polar surface area (TPSA) is 46.9 Å². The third-order valence-electron chi connectivity index (χ3n) is 5.75. The monoisotopic (exact) mass is 343 g/mol. The number of carbonyl (C=O) groups is 1. The first-order valence-corrected chi connectivity index (χ1v) is 9.94. The van der Waals surface area contributed by atoms with Crippen molar-refractivity contribution in [3.05, 3.63) is 39.3 Å². The van der Waals surface area contributed by atoms with Crippen LogP contribution in [-0.4, -0.2) is 15.7 Å². The van der Waals surface area contributed by atoms with Gasteiger partial charge in [0.25, 0.3) is 0 Å². The first kappa shape index (κ1) is 15.9. The number of thiophene rings is 1. The van der Waals surface area contributed by atoms with Gasteiger partial charge in [-0.2, -0.15) is 5.10 Å². The van der Waals surface area contributed by atoms with E-state index in [0.29, 0.717) is 6.54 Å². The third kappa shape index (κ3) is 2.59. The molecule has 0 atom stereocenters. The van der Waals surface area contributed by atoms with Crippen LogP contribution < -0.4 is 5.32 Å². The fourth-order valence-corrected chi connectivity index (χ4v) is 5.43. The Morgan fingerprint density at radius 1 is 1.29 bits per heavy atom. The second-order valence-electron chi connectivity index (χ2n) is 7.15. The molecular weight excluding hydrogens is 318 g/mol. The largest absolute Gasteiger partial charge is 0.350 e. The molecule has 0 spiro atoms. The summed E-state index contributed by atoms with van der Waals surface area (Å²) in [6.45, 7) is 0.565. The highest BCUT2D eigenvalue weighted by atomic mass is 32.1. The molecule has 128 valence electrons. The van der Waals surface area contributed by atoms with E-state index >= 15 is 0 Å². The summed E-state index contributed by atoms with van der Waals surface area (Å²) in [7, 11) is 2.03. The number of nitrogens with one attached hydrogen (secondary N) is 1. The molecule has 0 saturated heterocycles. The Kier molecular flexibility index (Phi) is 4.21. The minimum atomic E-state index is -0.303. The lowest BCUT2D eigenvalue weighted by Crippen LogP contribution is -2.42. The van der Waals surface area contributed by atoms with E-state index in [-0.39, 0.29) is 11.3 Å². The third-order valence-corrected chi connectivity index (χ3v) is 6.82. The molecule has 2 aromatic rings. The Labute approximate surface area is 147 Å². The van der Waals surface area contributed by atoms with E-state index in [1.165, 1.54) is 29.0 Å². The SMILES string of the molecule is Cn1nc(CNC(=O)C2(c3cccs3)CCCC2)c2c1CCCC2. The van der Waals surface area contributed by atoms with Gasteiger partial charge in [-0.15, -0.1) is 11.3 Å². The van der Waals surface area contributed by atoms with Gasteiger partial charge in [-0.25, -0.2) is 0 Å². The van der Waals surface area contributed by atoms with Crippen LogP contribution in [0.5, 0.6) is 0 Å². The quantitative estimate of drug-likeness (QED) is 0.924. The first-order chi connectivity index (χ1) is 11.7. The Morgan fingerprint density at radius 2 is 2.08 bits per heavy atom. The molecule has 1 fully saturated rings. The summed E-state index contributed by atoms with van der Waals surface area (Å²) >= 11 is 1.72. The molecule has 24 heavy (non-hydrogen) atoms. The average Bonchev–Trinajstić information content (AvgIpc) is 3.34. The van der Waals surface area contributed by atoms with Crippen molar-refractivity contribution in [1.82, 2.24) is 15.1 Å². The first-order valence-electron chi connectivity index (χ1n) is 9.07. The number of aryl methyl sites for hydroxylation is 1. The van der Waals surface area contributed by atoms with Crippen LogP contribution in [-0.2, 0) is 36.6 Å². The Balaban J connectivity index is 1.52. The molecule has 1 N–H and O–H groups in total. The minimum absolute atomic E-state index is 0.192. The maximum absolute atomic E-state index is 13.1. The van der Waals surface area contributed by atoms with Crippen molar-refractivity contribution in [2.45, 2.75) is 63.3 Å². The Morgan fingerprint density at radius 3 is 2.83 bits per heavy atom. The molecule has 4 rings (SSSR count). The zero-order valence-electron chi connectivity index (χ0n) is 14.3. The van der Waals surface area contributed by atoms with Crippen LogP contribution in [0.1, 0.15) is 60.4 Å². The van der Waals surface area contributed by atoms with Gasteiger partial charge in [0.2, 0.25) is 5.91 Å². The van der Waals surface area contributed by atoms with Crippen molar-refractivity contribution in [3.63, 3.8) is 0 Å². The maximum Gasteiger partial charge on any atom is 0.231 e. The predicted octanol–water partition coefficient (Wildman–Crippen LogP) is 3.49. The van der Waals surface area contributed by atoms with E-state index in [9.17, 15) is 4.79 Å². The second kappa shape index (κ2) is 6.36. The molecule has 2 heterocycles. The number of carbonyl (C=O) groups excluding carboxylic acids is 1. The van der Waals surface area contributed by atoms with Crippen LogP contribution in [0.15, 0.2) is 17.5 Å². The maximum atomic E-state index is 13.1. The van der Waals surface area contributed by atoms with E-state index in [1.54, 1.807) is 11.3 Å². The zero-order valence-corrected chi connectivity index (χ0v) is 15.1. The molecule has 0 aromatic carbocycles. The van der Waals surface area contributed by atoms with Gasteiger partial charge in [0, 0.05) is 17.6 Å².